The number of halogens is 4. The number of thioether (sulfide) groups is 1. The number of benzene rings is 3. The standard InChI is InChI=1S/C25H22F4O4S/c1-16(11-12-34-21-4-2-3-17(13-21)14-24(30)31)32-22-10-5-18(25(27,28)29)15-23(22)33-20-8-6-19(26)7-9-20/h2-10,13,15-16H,11-12,14H2,1H3,(H,30,31)/t16-/m0/s1. The van der Waals surface area contributed by atoms with E-state index in [0.29, 0.717) is 17.7 Å². The quantitative estimate of drug-likeness (QED) is 0.238. The summed E-state index contributed by atoms with van der Waals surface area (Å²) >= 11 is 1.53. The van der Waals surface area contributed by atoms with Gasteiger partial charge >= 0.3 is 12.1 Å². The van der Waals surface area contributed by atoms with Gasteiger partial charge < -0.3 is 14.6 Å². The highest BCUT2D eigenvalue weighted by molar-refractivity contribution is 7.99. The molecule has 1 atom stereocenters. The molecule has 0 radical (unpaired) electrons. The van der Waals surface area contributed by atoms with Crippen LogP contribution in [0, 0.1) is 5.82 Å². The van der Waals surface area contributed by atoms with Gasteiger partial charge in [-0.25, -0.2) is 4.39 Å². The molecule has 0 fully saturated rings. The van der Waals surface area contributed by atoms with Crippen LogP contribution >= 0.6 is 11.8 Å². The molecule has 1 N–H and O–H groups in total. The van der Waals surface area contributed by atoms with Crippen LogP contribution in [0.3, 0.4) is 0 Å². The van der Waals surface area contributed by atoms with E-state index >= 15 is 0 Å². The molecule has 34 heavy (non-hydrogen) atoms. The molecule has 3 aromatic carbocycles. The van der Waals surface area contributed by atoms with Crippen LogP contribution in [0.15, 0.2) is 71.6 Å². The average molecular weight is 495 g/mol. The number of aliphatic carboxylic acids is 1. The monoisotopic (exact) mass is 494 g/mol. The lowest BCUT2D eigenvalue weighted by atomic mass is 10.2. The fourth-order valence-corrected chi connectivity index (χ4v) is 4.12. The van der Waals surface area contributed by atoms with Gasteiger partial charge in [0.05, 0.1) is 18.1 Å². The molecule has 3 rings (SSSR count). The molecule has 0 bridgehead atoms. The Labute approximate surface area is 198 Å². The van der Waals surface area contributed by atoms with E-state index in [9.17, 15) is 22.4 Å². The lowest BCUT2D eigenvalue weighted by molar-refractivity contribution is -0.138. The van der Waals surface area contributed by atoms with Gasteiger partial charge in [0, 0.05) is 10.6 Å². The number of rotatable bonds is 10. The van der Waals surface area contributed by atoms with Crippen LogP contribution in [-0.2, 0) is 17.4 Å². The molecule has 0 aliphatic heterocycles. The zero-order valence-corrected chi connectivity index (χ0v) is 19.0. The Balaban J connectivity index is 1.66. The summed E-state index contributed by atoms with van der Waals surface area (Å²) in [7, 11) is 0. The van der Waals surface area contributed by atoms with Crippen molar-refractivity contribution in [2.45, 2.75) is 36.9 Å². The Morgan fingerprint density at radius 2 is 1.76 bits per heavy atom. The van der Waals surface area contributed by atoms with Crippen molar-refractivity contribution in [3.63, 3.8) is 0 Å². The summed E-state index contributed by atoms with van der Waals surface area (Å²) in [5.74, 6) is -0.561. The van der Waals surface area contributed by atoms with Crippen molar-refractivity contribution in [1.29, 1.82) is 0 Å². The highest BCUT2D eigenvalue weighted by Gasteiger charge is 2.31. The van der Waals surface area contributed by atoms with E-state index in [1.165, 1.54) is 30.0 Å². The molecule has 4 nitrogen and oxygen atoms in total. The van der Waals surface area contributed by atoms with Gasteiger partial charge in [0.1, 0.15) is 11.6 Å². The summed E-state index contributed by atoms with van der Waals surface area (Å²) in [6, 6.07) is 15.1. The van der Waals surface area contributed by atoms with Crippen molar-refractivity contribution in [2.24, 2.45) is 0 Å². The topological polar surface area (TPSA) is 55.8 Å². The predicted molar refractivity (Wildman–Crippen MR) is 121 cm³/mol. The number of carboxylic acids is 1. The van der Waals surface area contributed by atoms with Gasteiger partial charge in [-0.3, -0.25) is 4.79 Å². The first kappa shape index (κ1) is 25.4. The summed E-state index contributed by atoms with van der Waals surface area (Å²) in [5.41, 5.74) is -0.185. The average Bonchev–Trinajstić information content (AvgIpc) is 2.75. The van der Waals surface area contributed by atoms with Crippen LogP contribution in [0.25, 0.3) is 0 Å². The third-order valence-corrected chi connectivity index (χ3v) is 5.71. The summed E-state index contributed by atoms with van der Waals surface area (Å²) < 4.78 is 64.2. The van der Waals surface area contributed by atoms with E-state index < -0.39 is 23.5 Å². The van der Waals surface area contributed by atoms with Crippen LogP contribution in [0.2, 0.25) is 0 Å². The van der Waals surface area contributed by atoms with Crippen LogP contribution in [-0.4, -0.2) is 22.9 Å². The molecular formula is C25H22F4O4S. The second-order valence-corrected chi connectivity index (χ2v) is 8.67. The largest absolute Gasteiger partial charge is 0.487 e. The van der Waals surface area contributed by atoms with Crippen LogP contribution in [0.5, 0.6) is 17.2 Å². The summed E-state index contributed by atoms with van der Waals surface area (Å²) in [4.78, 5) is 11.8. The Morgan fingerprint density at radius 1 is 1.03 bits per heavy atom. The van der Waals surface area contributed by atoms with E-state index in [4.69, 9.17) is 14.6 Å². The third kappa shape index (κ3) is 7.69. The van der Waals surface area contributed by atoms with Crippen molar-refractivity contribution >= 4 is 17.7 Å². The van der Waals surface area contributed by atoms with Gasteiger partial charge in [0.25, 0.3) is 0 Å². The van der Waals surface area contributed by atoms with E-state index in [-0.39, 0.29) is 29.8 Å². The third-order valence-electron chi connectivity index (χ3n) is 4.69. The molecule has 3 aromatic rings. The first-order valence-corrected chi connectivity index (χ1v) is 11.3. The summed E-state index contributed by atoms with van der Waals surface area (Å²) in [6.07, 6.45) is -4.39. The first-order valence-electron chi connectivity index (χ1n) is 10.3. The number of hydrogen-bond donors (Lipinski definition) is 1. The minimum absolute atomic E-state index is 0.0569. The lowest BCUT2D eigenvalue weighted by Gasteiger charge is -2.19. The van der Waals surface area contributed by atoms with Crippen molar-refractivity contribution in [2.75, 3.05) is 5.75 Å². The first-order chi connectivity index (χ1) is 16.1. The van der Waals surface area contributed by atoms with Gasteiger partial charge in [0.15, 0.2) is 11.5 Å². The Kier molecular flexibility index (Phi) is 8.44. The maximum atomic E-state index is 13.2. The van der Waals surface area contributed by atoms with Crippen molar-refractivity contribution in [3.05, 3.63) is 83.7 Å². The zero-order valence-electron chi connectivity index (χ0n) is 18.1. The van der Waals surface area contributed by atoms with E-state index in [0.717, 1.165) is 29.2 Å². The molecule has 0 aromatic heterocycles. The SMILES string of the molecule is C[C@@H](CCSc1cccc(CC(=O)O)c1)Oc1ccc(C(F)(F)F)cc1Oc1ccc(F)cc1. The summed E-state index contributed by atoms with van der Waals surface area (Å²) in [6.45, 7) is 1.79. The maximum Gasteiger partial charge on any atom is 0.416 e. The predicted octanol–water partition coefficient (Wildman–Crippen LogP) is 7.21. The molecule has 0 aliphatic rings. The van der Waals surface area contributed by atoms with Gasteiger partial charge in [0.2, 0.25) is 0 Å². The number of alkyl halides is 3. The minimum atomic E-state index is -4.56. The Bertz CT molecular complexity index is 1120. The maximum absolute atomic E-state index is 13.2. The number of ether oxygens (including phenoxy) is 2. The second-order valence-electron chi connectivity index (χ2n) is 7.50. The van der Waals surface area contributed by atoms with Gasteiger partial charge in [-0.2, -0.15) is 13.2 Å². The molecule has 0 amide bonds. The molecule has 0 spiro atoms. The van der Waals surface area contributed by atoms with Crippen LogP contribution < -0.4 is 9.47 Å². The van der Waals surface area contributed by atoms with Crippen LogP contribution in [0.1, 0.15) is 24.5 Å². The number of hydrogen-bond acceptors (Lipinski definition) is 4. The molecule has 0 saturated carbocycles. The van der Waals surface area contributed by atoms with Crippen LogP contribution in [0.4, 0.5) is 17.6 Å². The molecule has 180 valence electrons. The van der Waals surface area contributed by atoms with E-state index in [1.54, 1.807) is 19.1 Å². The highest BCUT2D eigenvalue weighted by atomic mass is 32.2. The normalized spacial score (nSPS) is 12.3. The zero-order chi connectivity index (χ0) is 24.7. The molecule has 0 saturated heterocycles. The smallest absolute Gasteiger partial charge is 0.416 e. The highest BCUT2D eigenvalue weighted by Crippen LogP contribution is 2.39. The molecule has 9 heteroatoms. The lowest BCUT2D eigenvalue weighted by Crippen LogP contribution is -2.14. The summed E-state index contributed by atoms with van der Waals surface area (Å²) in [5, 5.41) is 8.92. The number of carbonyl (C=O) groups is 1. The van der Waals surface area contributed by atoms with Gasteiger partial charge in [-0.05, 0) is 73.5 Å². The fourth-order valence-electron chi connectivity index (χ4n) is 3.03. The van der Waals surface area contributed by atoms with E-state index in [1.807, 2.05) is 12.1 Å². The second kappa shape index (κ2) is 11.3. The van der Waals surface area contributed by atoms with Crippen molar-refractivity contribution in [1.82, 2.24) is 0 Å². The Morgan fingerprint density at radius 3 is 2.44 bits per heavy atom. The minimum Gasteiger partial charge on any atom is -0.487 e. The molecule has 0 aliphatic carbocycles. The van der Waals surface area contributed by atoms with E-state index in [2.05, 4.69) is 0 Å². The fraction of sp³-hybridized carbons (Fsp3) is 0.240. The molecule has 0 heterocycles. The van der Waals surface area contributed by atoms with Gasteiger partial charge in [-0.15, -0.1) is 11.8 Å². The van der Waals surface area contributed by atoms with Crippen molar-refractivity contribution in [3.8, 4) is 17.2 Å². The van der Waals surface area contributed by atoms with Crippen molar-refractivity contribution < 1.29 is 36.9 Å². The Hall–Kier alpha value is -3.20. The van der Waals surface area contributed by atoms with Gasteiger partial charge in [-0.1, -0.05) is 12.1 Å². The molecule has 0 unspecified atom stereocenters. The number of carboxylic acid groups (broad SMARTS) is 1. The molecular weight excluding hydrogens is 472 g/mol.